The standard InChI is InChI=1S/C17H11ClFN3/c1-11-8-12(6-7-15(11)19)17-9-13(10-20)21-22(17)16-5-3-2-4-14(16)18/h2-9H,1H3. The number of para-hydroxylation sites is 1. The van der Waals surface area contributed by atoms with E-state index in [9.17, 15) is 4.39 Å². The van der Waals surface area contributed by atoms with Crippen LogP contribution in [0.5, 0.6) is 0 Å². The zero-order valence-electron chi connectivity index (χ0n) is 11.7. The number of nitrogens with zero attached hydrogens (tertiary/aromatic N) is 3. The highest BCUT2D eigenvalue weighted by Gasteiger charge is 2.14. The van der Waals surface area contributed by atoms with Crippen LogP contribution in [0.25, 0.3) is 16.9 Å². The van der Waals surface area contributed by atoms with Crippen LogP contribution < -0.4 is 0 Å². The van der Waals surface area contributed by atoms with Crippen molar-refractivity contribution in [3.63, 3.8) is 0 Å². The third kappa shape index (κ3) is 2.47. The summed E-state index contributed by atoms with van der Waals surface area (Å²) in [7, 11) is 0. The van der Waals surface area contributed by atoms with Crippen molar-refractivity contribution >= 4 is 11.6 Å². The molecule has 0 unspecified atom stereocenters. The molecule has 3 rings (SSSR count). The van der Waals surface area contributed by atoms with Crippen molar-refractivity contribution in [1.29, 1.82) is 5.26 Å². The molecule has 0 aliphatic heterocycles. The fraction of sp³-hybridized carbons (Fsp3) is 0.0588. The molecule has 5 heteroatoms. The molecule has 22 heavy (non-hydrogen) atoms. The summed E-state index contributed by atoms with van der Waals surface area (Å²) in [5.41, 5.74) is 2.93. The first-order chi connectivity index (χ1) is 10.6. The van der Waals surface area contributed by atoms with E-state index in [1.165, 1.54) is 6.07 Å². The first-order valence-electron chi connectivity index (χ1n) is 6.62. The summed E-state index contributed by atoms with van der Waals surface area (Å²) in [6.45, 7) is 1.69. The summed E-state index contributed by atoms with van der Waals surface area (Å²) in [4.78, 5) is 0. The van der Waals surface area contributed by atoms with Crippen LogP contribution in [0, 0.1) is 24.1 Å². The Morgan fingerprint density at radius 1 is 1.18 bits per heavy atom. The minimum atomic E-state index is -0.270. The second kappa shape index (κ2) is 5.63. The summed E-state index contributed by atoms with van der Waals surface area (Å²) in [6, 6.07) is 15.7. The van der Waals surface area contributed by atoms with Gasteiger partial charge < -0.3 is 0 Å². The van der Waals surface area contributed by atoms with E-state index in [2.05, 4.69) is 5.10 Å². The lowest BCUT2D eigenvalue weighted by Gasteiger charge is -2.10. The first-order valence-corrected chi connectivity index (χ1v) is 6.99. The SMILES string of the molecule is Cc1cc(-c2cc(C#N)nn2-c2ccccc2Cl)ccc1F. The van der Waals surface area contributed by atoms with Gasteiger partial charge in [0.15, 0.2) is 5.69 Å². The lowest BCUT2D eigenvalue weighted by atomic mass is 10.1. The molecule has 2 aromatic carbocycles. The second-order valence-electron chi connectivity index (χ2n) is 4.85. The molecule has 0 N–H and O–H groups in total. The van der Waals surface area contributed by atoms with Gasteiger partial charge in [-0.3, -0.25) is 0 Å². The molecule has 0 radical (unpaired) electrons. The maximum absolute atomic E-state index is 13.5. The summed E-state index contributed by atoms with van der Waals surface area (Å²) in [5, 5.41) is 13.9. The van der Waals surface area contributed by atoms with Crippen molar-refractivity contribution in [2.24, 2.45) is 0 Å². The topological polar surface area (TPSA) is 41.6 Å². The largest absolute Gasteiger partial charge is 0.230 e. The molecular weight excluding hydrogens is 301 g/mol. The number of halogens is 2. The van der Waals surface area contributed by atoms with E-state index < -0.39 is 0 Å². The Balaban J connectivity index is 2.24. The van der Waals surface area contributed by atoms with Crippen molar-refractivity contribution in [2.75, 3.05) is 0 Å². The monoisotopic (exact) mass is 311 g/mol. The minimum absolute atomic E-state index is 0.270. The first kappa shape index (κ1) is 14.3. The Bertz CT molecular complexity index is 893. The average Bonchev–Trinajstić information content (AvgIpc) is 2.94. The fourth-order valence-corrected chi connectivity index (χ4v) is 2.47. The summed E-state index contributed by atoms with van der Waals surface area (Å²) >= 11 is 6.22. The van der Waals surface area contributed by atoms with Gasteiger partial charge >= 0.3 is 0 Å². The van der Waals surface area contributed by atoms with Gasteiger partial charge in [0.2, 0.25) is 0 Å². The van der Waals surface area contributed by atoms with Crippen molar-refractivity contribution in [2.45, 2.75) is 6.92 Å². The number of aromatic nitrogens is 2. The van der Waals surface area contributed by atoms with Crippen LogP contribution in [0.1, 0.15) is 11.3 Å². The van der Waals surface area contributed by atoms with Gasteiger partial charge in [0.25, 0.3) is 0 Å². The van der Waals surface area contributed by atoms with Crippen molar-refractivity contribution in [3.05, 3.63) is 70.6 Å². The van der Waals surface area contributed by atoms with Crippen LogP contribution in [0.15, 0.2) is 48.5 Å². The van der Waals surface area contributed by atoms with Gasteiger partial charge in [0.1, 0.15) is 11.9 Å². The van der Waals surface area contributed by atoms with Gasteiger partial charge in [-0.15, -0.1) is 0 Å². The molecule has 3 nitrogen and oxygen atoms in total. The van der Waals surface area contributed by atoms with Crippen LogP contribution in [0.2, 0.25) is 5.02 Å². The predicted octanol–water partition coefficient (Wildman–Crippen LogP) is 4.51. The van der Waals surface area contributed by atoms with E-state index in [1.54, 1.807) is 35.9 Å². The van der Waals surface area contributed by atoms with E-state index in [1.807, 2.05) is 24.3 Å². The van der Waals surface area contributed by atoms with Gasteiger partial charge in [-0.1, -0.05) is 23.7 Å². The highest BCUT2D eigenvalue weighted by molar-refractivity contribution is 6.32. The summed E-state index contributed by atoms with van der Waals surface area (Å²) in [6.07, 6.45) is 0. The third-order valence-electron chi connectivity index (χ3n) is 3.36. The van der Waals surface area contributed by atoms with E-state index >= 15 is 0 Å². The molecule has 1 aromatic heterocycles. The highest BCUT2D eigenvalue weighted by atomic mass is 35.5. The Morgan fingerprint density at radius 3 is 2.64 bits per heavy atom. The Hall–Kier alpha value is -2.64. The number of hydrogen-bond acceptors (Lipinski definition) is 2. The van der Waals surface area contributed by atoms with Gasteiger partial charge in [0.05, 0.1) is 16.4 Å². The van der Waals surface area contributed by atoms with E-state index in [4.69, 9.17) is 16.9 Å². The fourth-order valence-electron chi connectivity index (χ4n) is 2.25. The molecule has 108 valence electrons. The van der Waals surface area contributed by atoms with Crippen LogP contribution in [0.4, 0.5) is 4.39 Å². The quantitative estimate of drug-likeness (QED) is 0.698. The van der Waals surface area contributed by atoms with Crippen molar-refractivity contribution in [1.82, 2.24) is 9.78 Å². The number of aryl methyl sites for hydroxylation is 1. The molecule has 0 saturated carbocycles. The smallest absolute Gasteiger partial charge is 0.163 e. The average molecular weight is 312 g/mol. The zero-order valence-corrected chi connectivity index (χ0v) is 12.5. The second-order valence-corrected chi connectivity index (χ2v) is 5.26. The maximum Gasteiger partial charge on any atom is 0.163 e. The van der Waals surface area contributed by atoms with E-state index in [0.717, 1.165) is 5.56 Å². The molecule has 0 aliphatic rings. The van der Waals surface area contributed by atoms with Crippen LogP contribution in [-0.4, -0.2) is 9.78 Å². The normalized spacial score (nSPS) is 10.5. The van der Waals surface area contributed by atoms with E-state index in [-0.39, 0.29) is 11.5 Å². The van der Waals surface area contributed by atoms with Crippen LogP contribution >= 0.6 is 11.6 Å². The molecule has 3 aromatic rings. The number of nitriles is 1. The molecule has 1 heterocycles. The lowest BCUT2D eigenvalue weighted by Crippen LogP contribution is -2.00. The Labute approximate surface area is 132 Å². The molecular formula is C17H11ClFN3. The molecule has 0 amide bonds. The van der Waals surface area contributed by atoms with Gasteiger partial charge in [-0.25, -0.2) is 9.07 Å². The number of benzene rings is 2. The predicted molar refractivity (Wildman–Crippen MR) is 83.4 cm³/mol. The highest BCUT2D eigenvalue weighted by Crippen LogP contribution is 2.28. The zero-order chi connectivity index (χ0) is 15.7. The van der Waals surface area contributed by atoms with Crippen LogP contribution in [-0.2, 0) is 0 Å². The Morgan fingerprint density at radius 2 is 1.95 bits per heavy atom. The molecule has 0 saturated heterocycles. The summed E-state index contributed by atoms with van der Waals surface area (Å²) < 4.78 is 15.1. The number of rotatable bonds is 2. The van der Waals surface area contributed by atoms with Crippen molar-refractivity contribution < 1.29 is 4.39 Å². The van der Waals surface area contributed by atoms with Gasteiger partial charge in [0, 0.05) is 11.6 Å². The van der Waals surface area contributed by atoms with Crippen molar-refractivity contribution in [3.8, 4) is 23.0 Å². The molecule has 0 aliphatic carbocycles. The molecule has 0 atom stereocenters. The Kier molecular flexibility index (Phi) is 3.66. The molecule has 0 fully saturated rings. The van der Waals surface area contributed by atoms with Gasteiger partial charge in [-0.2, -0.15) is 10.4 Å². The van der Waals surface area contributed by atoms with E-state index in [0.29, 0.717) is 22.0 Å². The van der Waals surface area contributed by atoms with Crippen LogP contribution in [0.3, 0.4) is 0 Å². The lowest BCUT2D eigenvalue weighted by molar-refractivity contribution is 0.618. The summed E-state index contributed by atoms with van der Waals surface area (Å²) in [5.74, 6) is -0.270. The molecule has 0 bridgehead atoms. The minimum Gasteiger partial charge on any atom is -0.230 e. The maximum atomic E-state index is 13.5. The molecule has 0 spiro atoms. The third-order valence-corrected chi connectivity index (χ3v) is 3.68. The van der Waals surface area contributed by atoms with Gasteiger partial charge in [-0.05, 0) is 42.8 Å². The number of hydrogen-bond donors (Lipinski definition) is 0.